The van der Waals surface area contributed by atoms with Crippen LogP contribution in [0.15, 0.2) is 53.8 Å². The van der Waals surface area contributed by atoms with E-state index in [0.29, 0.717) is 11.3 Å². The highest BCUT2D eigenvalue weighted by Crippen LogP contribution is 2.40. The van der Waals surface area contributed by atoms with Gasteiger partial charge in [-0.25, -0.2) is 0 Å². The van der Waals surface area contributed by atoms with Gasteiger partial charge in [-0.15, -0.1) is 0 Å². The Morgan fingerprint density at radius 1 is 1.12 bits per heavy atom. The highest BCUT2D eigenvalue weighted by Gasteiger charge is 2.43. The Morgan fingerprint density at radius 3 is 2.19 bits per heavy atom. The number of hydrogen-bond donors (Lipinski definition) is 0. The number of carbonyl (C=O) groups is 1. The third-order valence-corrected chi connectivity index (χ3v) is 10.3. The van der Waals surface area contributed by atoms with Crippen molar-refractivity contribution in [3.05, 3.63) is 59.4 Å². The van der Waals surface area contributed by atoms with Gasteiger partial charge in [-0.3, -0.25) is 4.79 Å². The lowest BCUT2D eigenvalue weighted by Gasteiger charge is -2.40. The van der Waals surface area contributed by atoms with E-state index in [1.807, 2.05) is 56.3 Å². The highest BCUT2D eigenvalue weighted by molar-refractivity contribution is 6.74. The lowest BCUT2D eigenvalue weighted by Crippen LogP contribution is -2.46. The van der Waals surface area contributed by atoms with Gasteiger partial charge in [0.05, 0.1) is 18.6 Å². The molecule has 1 aromatic carbocycles. The van der Waals surface area contributed by atoms with Crippen LogP contribution in [0, 0.1) is 0 Å². The summed E-state index contributed by atoms with van der Waals surface area (Å²) in [6.45, 7) is 15.0. The quantitative estimate of drug-likeness (QED) is 0.650. The van der Waals surface area contributed by atoms with Crippen LogP contribution < -0.4 is 0 Å². The summed E-state index contributed by atoms with van der Waals surface area (Å²) in [6, 6.07) is 9.86. The lowest BCUT2D eigenvalue weighted by atomic mass is 9.72. The summed E-state index contributed by atoms with van der Waals surface area (Å²) in [6.07, 6.45) is 3.48. The second kappa shape index (κ2) is 7.16. The number of methoxy groups -OCH3 is 1. The molecule has 0 N–H and O–H groups in total. The molecule has 0 saturated carbocycles. The van der Waals surface area contributed by atoms with Crippen LogP contribution in [0.5, 0.6) is 0 Å². The van der Waals surface area contributed by atoms with Gasteiger partial charge in [0.2, 0.25) is 0 Å². The Kier molecular flexibility index (Phi) is 5.69. The molecule has 4 heteroatoms. The van der Waals surface area contributed by atoms with E-state index in [4.69, 9.17) is 9.16 Å². The molecule has 0 amide bonds. The molecule has 2 atom stereocenters. The van der Waals surface area contributed by atoms with Crippen molar-refractivity contribution in [1.82, 2.24) is 0 Å². The number of rotatable bonds is 5. The van der Waals surface area contributed by atoms with Crippen LogP contribution in [0.2, 0.25) is 18.1 Å². The Hall–Kier alpha value is -1.65. The Balaban J connectivity index is 2.42. The molecule has 0 saturated heterocycles. The largest absolute Gasteiger partial charge is 0.497 e. The van der Waals surface area contributed by atoms with E-state index in [1.165, 1.54) is 0 Å². The molecule has 142 valence electrons. The first-order chi connectivity index (χ1) is 11.9. The first-order valence-corrected chi connectivity index (χ1v) is 12.1. The summed E-state index contributed by atoms with van der Waals surface area (Å²) >= 11 is 0. The minimum Gasteiger partial charge on any atom is -0.497 e. The van der Waals surface area contributed by atoms with E-state index in [-0.39, 0.29) is 16.9 Å². The number of ketones is 1. The van der Waals surface area contributed by atoms with Gasteiger partial charge in [0.15, 0.2) is 14.1 Å². The molecule has 0 spiro atoms. The summed E-state index contributed by atoms with van der Waals surface area (Å²) in [4.78, 5) is 13.5. The van der Waals surface area contributed by atoms with Crippen molar-refractivity contribution in [2.24, 2.45) is 0 Å². The van der Waals surface area contributed by atoms with E-state index in [9.17, 15) is 4.79 Å². The van der Waals surface area contributed by atoms with Gasteiger partial charge in [0, 0.05) is 5.57 Å². The molecule has 1 aliphatic rings. The second-order valence-electron chi connectivity index (χ2n) is 8.77. The minimum atomic E-state index is -1.99. The smallest absolute Gasteiger partial charge is 0.192 e. The van der Waals surface area contributed by atoms with E-state index in [1.54, 1.807) is 7.11 Å². The van der Waals surface area contributed by atoms with Gasteiger partial charge in [-0.2, -0.15) is 0 Å². The van der Waals surface area contributed by atoms with Crippen molar-refractivity contribution in [2.45, 2.75) is 64.3 Å². The maximum atomic E-state index is 13.5. The zero-order valence-corrected chi connectivity index (χ0v) is 18.3. The molecule has 0 heterocycles. The third kappa shape index (κ3) is 3.86. The fourth-order valence-corrected chi connectivity index (χ4v) is 4.38. The van der Waals surface area contributed by atoms with Crippen molar-refractivity contribution >= 4 is 14.1 Å². The van der Waals surface area contributed by atoms with Crippen LogP contribution in [-0.2, 0) is 19.4 Å². The average Bonchev–Trinajstić information content (AvgIpc) is 2.56. The van der Waals surface area contributed by atoms with Crippen LogP contribution in [0.3, 0.4) is 0 Å². The number of benzene rings is 1. The lowest BCUT2D eigenvalue weighted by molar-refractivity contribution is -0.120. The fourth-order valence-electron chi connectivity index (χ4n) is 3.01. The average molecular weight is 373 g/mol. The molecule has 1 aromatic rings. The van der Waals surface area contributed by atoms with E-state index in [0.717, 1.165) is 5.56 Å². The van der Waals surface area contributed by atoms with Gasteiger partial charge in [0.25, 0.3) is 0 Å². The van der Waals surface area contributed by atoms with Crippen molar-refractivity contribution in [3.8, 4) is 0 Å². The number of carbonyl (C=O) groups excluding carboxylic acids is 1. The minimum absolute atomic E-state index is 0.0794. The molecule has 0 fully saturated rings. The van der Waals surface area contributed by atoms with E-state index >= 15 is 0 Å². The van der Waals surface area contributed by atoms with Gasteiger partial charge in [-0.1, -0.05) is 51.1 Å². The number of allylic oxidation sites excluding steroid dienone is 2. The SMILES string of the molecule is COC1=C[C@](C)(c2ccccc2)C(=O)C([C@H](C)O[Si](C)(C)C(C)(C)C)=C1. The Labute approximate surface area is 159 Å². The van der Waals surface area contributed by atoms with Gasteiger partial charge >= 0.3 is 0 Å². The van der Waals surface area contributed by atoms with Crippen LogP contribution in [0.1, 0.15) is 40.2 Å². The number of hydrogen-bond acceptors (Lipinski definition) is 3. The number of ether oxygens (including phenoxy) is 1. The van der Waals surface area contributed by atoms with Gasteiger partial charge in [-0.05, 0) is 49.7 Å². The third-order valence-electron chi connectivity index (χ3n) is 5.79. The zero-order chi connectivity index (χ0) is 19.8. The molecule has 0 bridgehead atoms. The molecule has 0 unspecified atom stereocenters. The molecule has 1 aliphatic carbocycles. The summed E-state index contributed by atoms with van der Waals surface area (Å²) < 4.78 is 12.0. The van der Waals surface area contributed by atoms with Crippen molar-refractivity contribution in [3.63, 3.8) is 0 Å². The zero-order valence-electron chi connectivity index (χ0n) is 17.3. The molecular formula is C22H32O3Si. The molecule has 0 aromatic heterocycles. The summed E-state index contributed by atoms with van der Waals surface area (Å²) in [5.74, 6) is 0.785. The molecule has 3 nitrogen and oxygen atoms in total. The molecule has 2 rings (SSSR count). The summed E-state index contributed by atoms with van der Waals surface area (Å²) in [7, 11) is -0.353. The molecule has 26 heavy (non-hydrogen) atoms. The standard InChI is InChI=1S/C22H32O3Si/c1-16(25-26(7,8)21(2,3)4)19-14-18(24-6)15-22(5,20(19)23)17-12-10-9-11-13-17/h9-16H,1-8H3/t16-,22+/m0/s1. The first-order valence-electron chi connectivity index (χ1n) is 9.19. The Bertz CT molecular complexity index is 726. The van der Waals surface area contributed by atoms with Crippen LogP contribution in [0.25, 0.3) is 0 Å². The van der Waals surface area contributed by atoms with E-state index in [2.05, 4.69) is 33.9 Å². The monoisotopic (exact) mass is 372 g/mol. The van der Waals surface area contributed by atoms with Crippen molar-refractivity contribution in [1.29, 1.82) is 0 Å². The fraction of sp³-hybridized carbons (Fsp3) is 0.500. The van der Waals surface area contributed by atoms with Crippen molar-refractivity contribution < 1.29 is 14.0 Å². The topological polar surface area (TPSA) is 35.5 Å². The van der Waals surface area contributed by atoms with Crippen molar-refractivity contribution in [2.75, 3.05) is 7.11 Å². The summed E-state index contributed by atoms with van der Waals surface area (Å²) in [5.41, 5.74) is 0.895. The van der Waals surface area contributed by atoms with Gasteiger partial charge in [0.1, 0.15) is 5.76 Å². The Morgan fingerprint density at radius 2 is 1.69 bits per heavy atom. The maximum Gasteiger partial charge on any atom is 0.192 e. The molecule has 0 radical (unpaired) electrons. The van der Waals surface area contributed by atoms with Gasteiger partial charge < -0.3 is 9.16 Å². The number of Topliss-reactive ketones (excluding diaryl/α,β-unsaturated/α-hetero) is 1. The van der Waals surface area contributed by atoms with Crippen LogP contribution in [0.4, 0.5) is 0 Å². The predicted octanol–water partition coefficient (Wildman–Crippen LogP) is 5.39. The van der Waals surface area contributed by atoms with E-state index < -0.39 is 13.7 Å². The van der Waals surface area contributed by atoms with Crippen LogP contribution in [-0.4, -0.2) is 27.3 Å². The second-order valence-corrected chi connectivity index (χ2v) is 13.5. The molecular weight excluding hydrogens is 340 g/mol. The first kappa shape index (κ1) is 20.7. The summed E-state index contributed by atoms with van der Waals surface area (Å²) in [5, 5.41) is 0.0855. The highest BCUT2D eigenvalue weighted by atomic mass is 28.4. The molecule has 0 aliphatic heterocycles. The van der Waals surface area contributed by atoms with Crippen LogP contribution >= 0.6 is 0 Å². The predicted molar refractivity (Wildman–Crippen MR) is 110 cm³/mol. The maximum absolute atomic E-state index is 13.5. The normalized spacial score (nSPS) is 22.5.